The van der Waals surface area contributed by atoms with Gasteiger partial charge in [-0.2, -0.15) is 11.8 Å². The van der Waals surface area contributed by atoms with Gasteiger partial charge in [-0.15, -0.1) is 0 Å². The molecule has 0 aliphatic carbocycles. The summed E-state index contributed by atoms with van der Waals surface area (Å²) in [6, 6.07) is 0.716. The number of carbonyl (C=O) groups excluding carboxylic acids is 1. The Labute approximate surface area is 104 Å². The van der Waals surface area contributed by atoms with Crippen LogP contribution in [0.5, 0.6) is 0 Å². The van der Waals surface area contributed by atoms with Gasteiger partial charge in [-0.3, -0.25) is 4.79 Å². The fourth-order valence-corrected chi connectivity index (χ4v) is 1.77. The zero-order valence-corrected chi connectivity index (χ0v) is 10.5. The number of furan rings is 1. The molecule has 1 aromatic heterocycles. The Morgan fingerprint density at radius 2 is 2.29 bits per heavy atom. The average molecular weight is 257 g/mol. The Bertz CT molecular complexity index is 402. The molecule has 0 aliphatic heterocycles. The first kappa shape index (κ1) is 13.6. The minimum absolute atomic E-state index is 0.345. The predicted molar refractivity (Wildman–Crippen MR) is 65.3 cm³/mol. The van der Waals surface area contributed by atoms with Crippen molar-refractivity contribution in [1.82, 2.24) is 5.32 Å². The maximum absolute atomic E-state index is 11.7. The minimum Gasteiger partial charge on any atom is -0.480 e. The molecule has 17 heavy (non-hydrogen) atoms. The van der Waals surface area contributed by atoms with Crippen LogP contribution in [0.3, 0.4) is 0 Å². The van der Waals surface area contributed by atoms with Crippen molar-refractivity contribution in [2.24, 2.45) is 0 Å². The molecular formula is C11H15NO4S. The van der Waals surface area contributed by atoms with E-state index in [-0.39, 0.29) is 0 Å². The molecule has 5 nitrogen and oxygen atoms in total. The van der Waals surface area contributed by atoms with Crippen LogP contribution in [0.1, 0.15) is 22.5 Å². The molecule has 0 saturated heterocycles. The van der Waals surface area contributed by atoms with Gasteiger partial charge in [0.05, 0.1) is 5.56 Å². The highest BCUT2D eigenvalue weighted by molar-refractivity contribution is 7.98. The summed E-state index contributed by atoms with van der Waals surface area (Å²) in [5, 5.41) is 11.4. The summed E-state index contributed by atoms with van der Waals surface area (Å²) in [4.78, 5) is 22.6. The largest absolute Gasteiger partial charge is 0.480 e. The van der Waals surface area contributed by atoms with Gasteiger partial charge in [-0.1, -0.05) is 0 Å². The quantitative estimate of drug-likeness (QED) is 0.807. The Balaban J connectivity index is 2.60. The summed E-state index contributed by atoms with van der Waals surface area (Å²) in [7, 11) is 0. The first-order chi connectivity index (χ1) is 8.04. The van der Waals surface area contributed by atoms with Crippen LogP contribution in [0.4, 0.5) is 0 Å². The Morgan fingerprint density at radius 3 is 2.76 bits per heavy atom. The highest BCUT2D eigenvalue weighted by Crippen LogP contribution is 2.07. The molecule has 1 rings (SSSR count). The second kappa shape index (κ2) is 6.34. The third-order valence-corrected chi connectivity index (χ3v) is 2.85. The molecule has 2 N–H and O–H groups in total. The van der Waals surface area contributed by atoms with Crippen LogP contribution in [0.25, 0.3) is 0 Å². The zero-order valence-electron chi connectivity index (χ0n) is 9.73. The summed E-state index contributed by atoms with van der Waals surface area (Å²) < 4.78 is 5.00. The number of carbonyl (C=O) groups is 2. The van der Waals surface area contributed by atoms with E-state index in [0.29, 0.717) is 23.5 Å². The number of carboxylic acid groups (broad SMARTS) is 1. The van der Waals surface area contributed by atoms with Crippen molar-refractivity contribution in [2.45, 2.75) is 19.4 Å². The number of amides is 1. The van der Waals surface area contributed by atoms with Crippen LogP contribution in [0.2, 0.25) is 0 Å². The second-order valence-electron chi connectivity index (χ2n) is 3.59. The molecule has 1 heterocycles. The number of aryl methyl sites for hydroxylation is 1. The molecule has 0 aromatic carbocycles. The number of hydrogen-bond acceptors (Lipinski definition) is 4. The molecule has 0 fully saturated rings. The first-order valence-corrected chi connectivity index (χ1v) is 6.51. The standard InChI is InChI=1S/C11H15NO4S/c1-7-5-8(6-16-7)10(13)12-9(11(14)15)3-4-17-2/h5-6,9H,3-4H2,1-2H3,(H,12,13)(H,14,15)/t9-/m0/s1. The van der Waals surface area contributed by atoms with Gasteiger partial charge >= 0.3 is 5.97 Å². The molecule has 6 heteroatoms. The third kappa shape index (κ3) is 4.14. The SMILES string of the molecule is CSCC[C@H](NC(=O)c1coc(C)c1)C(=O)O. The van der Waals surface area contributed by atoms with E-state index in [1.165, 1.54) is 6.26 Å². The topological polar surface area (TPSA) is 79.5 Å². The van der Waals surface area contributed by atoms with Crippen LogP contribution in [0, 0.1) is 6.92 Å². The molecular weight excluding hydrogens is 242 g/mol. The number of aliphatic carboxylic acids is 1. The van der Waals surface area contributed by atoms with Crippen molar-refractivity contribution in [1.29, 1.82) is 0 Å². The third-order valence-electron chi connectivity index (χ3n) is 2.21. The minimum atomic E-state index is -1.02. The molecule has 0 bridgehead atoms. The van der Waals surface area contributed by atoms with E-state index in [0.717, 1.165) is 0 Å². The summed E-state index contributed by atoms with van der Waals surface area (Å²) >= 11 is 1.54. The average Bonchev–Trinajstić information content (AvgIpc) is 2.70. The molecule has 0 aliphatic rings. The van der Waals surface area contributed by atoms with Crippen molar-refractivity contribution in [2.75, 3.05) is 12.0 Å². The van der Waals surface area contributed by atoms with Crippen molar-refractivity contribution in [3.05, 3.63) is 23.7 Å². The van der Waals surface area contributed by atoms with Gasteiger partial charge in [-0.05, 0) is 31.4 Å². The van der Waals surface area contributed by atoms with Gasteiger partial charge in [0.15, 0.2) is 0 Å². The van der Waals surface area contributed by atoms with Crippen LogP contribution >= 0.6 is 11.8 Å². The number of nitrogens with one attached hydrogen (secondary N) is 1. The zero-order chi connectivity index (χ0) is 12.8. The lowest BCUT2D eigenvalue weighted by Crippen LogP contribution is -2.41. The van der Waals surface area contributed by atoms with Crippen LogP contribution < -0.4 is 5.32 Å². The highest BCUT2D eigenvalue weighted by Gasteiger charge is 2.20. The normalized spacial score (nSPS) is 12.1. The van der Waals surface area contributed by atoms with E-state index < -0.39 is 17.9 Å². The van der Waals surface area contributed by atoms with Gasteiger partial charge in [0.25, 0.3) is 5.91 Å². The lowest BCUT2D eigenvalue weighted by Gasteiger charge is -2.12. The summed E-state index contributed by atoms with van der Waals surface area (Å²) in [6.45, 7) is 1.72. The molecule has 0 radical (unpaired) electrons. The monoisotopic (exact) mass is 257 g/mol. The van der Waals surface area contributed by atoms with Crippen LogP contribution in [0.15, 0.2) is 16.7 Å². The maximum Gasteiger partial charge on any atom is 0.326 e. The summed E-state index contributed by atoms with van der Waals surface area (Å²) in [5.41, 5.74) is 0.345. The van der Waals surface area contributed by atoms with E-state index in [2.05, 4.69) is 5.32 Å². The molecule has 0 spiro atoms. The Hall–Kier alpha value is -1.43. The molecule has 94 valence electrons. The number of carboxylic acids is 1. The molecule has 1 amide bonds. The molecule has 1 aromatic rings. The number of rotatable bonds is 6. The molecule has 0 saturated carbocycles. The molecule has 0 unspecified atom stereocenters. The van der Waals surface area contributed by atoms with Gasteiger partial charge in [0, 0.05) is 0 Å². The number of hydrogen-bond donors (Lipinski definition) is 2. The first-order valence-electron chi connectivity index (χ1n) is 5.12. The lowest BCUT2D eigenvalue weighted by atomic mass is 10.2. The van der Waals surface area contributed by atoms with Gasteiger partial charge in [0.1, 0.15) is 18.1 Å². The van der Waals surface area contributed by atoms with Gasteiger partial charge < -0.3 is 14.8 Å². The van der Waals surface area contributed by atoms with Crippen molar-refractivity contribution >= 4 is 23.6 Å². The van der Waals surface area contributed by atoms with E-state index in [9.17, 15) is 9.59 Å². The van der Waals surface area contributed by atoms with Crippen molar-refractivity contribution in [3.8, 4) is 0 Å². The Kier molecular flexibility index (Phi) is 5.09. The lowest BCUT2D eigenvalue weighted by molar-refractivity contribution is -0.139. The predicted octanol–water partition coefficient (Wildman–Crippen LogP) is 1.52. The van der Waals surface area contributed by atoms with E-state index >= 15 is 0 Å². The smallest absolute Gasteiger partial charge is 0.326 e. The van der Waals surface area contributed by atoms with E-state index in [1.807, 2.05) is 6.26 Å². The fourth-order valence-electron chi connectivity index (χ4n) is 1.30. The van der Waals surface area contributed by atoms with Gasteiger partial charge in [0.2, 0.25) is 0 Å². The van der Waals surface area contributed by atoms with E-state index in [4.69, 9.17) is 9.52 Å². The fraction of sp³-hybridized carbons (Fsp3) is 0.455. The van der Waals surface area contributed by atoms with Crippen LogP contribution in [-0.2, 0) is 4.79 Å². The number of thioether (sulfide) groups is 1. The van der Waals surface area contributed by atoms with E-state index in [1.54, 1.807) is 24.8 Å². The van der Waals surface area contributed by atoms with Crippen molar-refractivity contribution in [3.63, 3.8) is 0 Å². The maximum atomic E-state index is 11.7. The van der Waals surface area contributed by atoms with Gasteiger partial charge in [-0.25, -0.2) is 4.79 Å². The van der Waals surface area contributed by atoms with Crippen molar-refractivity contribution < 1.29 is 19.1 Å². The van der Waals surface area contributed by atoms with Crippen LogP contribution in [-0.4, -0.2) is 35.0 Å². The molecule has 1 atom stereocenters. The Morgan fingerprint density at radius 1 is 1.59 bits per heavy atom. The second-order valence-corrected chi connectivity index (χ2v) is 4.58. The summed E-state index contributed by atoms with van der Waals surface area (Å²) in [5.74, 6) is -0.143. The highest BCUT2D eigenvalue weighted by atomic mass is 32.2. The summed E-state index contributed by atoms with van der Waals surface area (Å²) in [6.07, 6.45) is 3.61.